The maximum atomic E-state index is 13.0. The summed E-state index contributed by atoms with van der Waals surface area (Å²) in [6, 6.07) is 24.0. The van der Waals surface area contributed by atoms with Crippen molar-refractivity contribution in [1.29, 1.82) is 0 Å². The van der Waals surface area contributed by atoms with Crippen molar-refractivity contribution in [3.8, 4) is 5.75 Å². The fourth-order valence-corrected chi connectivity index (χ4v) is 3.08. The first-order valence-electron chi connectivity index (χ1n) is 8.75. The van der Waals surface area contributed by atoms with Crippen LogP contribution in [0.2, 0.25) is 0 Å². The number of aryl methyl sites for hydroxylation is 1. The molecule has 1 aliphatic rings. The van der Waals surface area contributed by atoms with Crippen LogP contribution in [0.5, 0.6) is 5.75 Å². The summed E-state index contributed by atoms with van der Waals surface area (Å²) in [6.45, 7) is 0. The summed E-state index contributed by atoms with van der Waals surface area (Å²) in [4.78, 5) is 26.0. The molecular formula is C22H18N2O3. The topological polar surface area (TPSA) is 58.6 Å². The first-order chi connectivity index (χ1) is 13.2. The lowest BCUT2D eigenvalue weighted by atomic mass is 10.0. The van der Waals surface area contributed by atoms with E-state index in [1.807, 2.05) is 60.7 Å². The Hall–Kier alpha value is -3.60. The predicted molar refractivity (Wildman–Crippen MR) is 104 cm³/mol. The van der Waals surface area contributed by atoms with Crippen molar-refractivity contribution in [2.45, 2.75) is 12.8 Å². The van der Waals surface area contributed by atoms with Gasteiger partial charge in [0.15, 0.2) is 0 Å². The highest BCUT2D eigenvalue weighted by molar-refractivity contribution is 5.97. The molecule has 5 heteroatoms. The lowest BCUT2D eigenvalue weighted by Crippen LogP contribution is -2.29. The van der Waals surface area contributed by atoms with Crippen molar-refractivity contribution >= 4 is 29.1 Å². The van der Waals surface area contributed by atoms with Crippen LogP contribution in [0.3, 0.4) is 0 Å². The van der Waals surface area contributed by atoms with Gasteiger partial charge < -0.3 is 10.1 Å². The molecule has 2 amide bonds. The SMILES string of the molecule is O=C1CCc2cc(OC(=O)N(c3ccccc3)c3ccccc3)ccc2N1. The molecule has 3 aromatic carbocycles. The Morgan fingerprint density at radius 1 is 0.852 bits per heavy atom. The molecule has 0 atom stereocenters. The Morgan fingerprint density at radius 3 is 2.11 bits per heavy atom. The van der Waals surface area contributed by atoms with E-state index in [0.717, 1.165) is 22.6 Å². The maximum absolute atomic E-state index is 13.0. The Labute approximate surface area is 157 Å². The number of amides is 2. The number of fused-ring (bicyclic) bond motifs is 1. The number of carbonyl (C=O) groups is 2. The molecule has 0 unspecified atom stereocenters. The second kappa shape index (κ2) is 7.33. The van der Waals surface area contributed by atoms with Crippen LogP contribution in [0.4, 0.5) is 21.9 Å². The van der Waals surface area contributed by atoms with Crippen molar-refractivity contribution in [2.24, 2.45) is 0 Å². The van der Waals surface area contributed by atoms with E-state index in [1.54, 1.807) is 18.2 Å². The molecule has 27 heavy (non-hydrogen) atoms. The fraction of sp³-hybridized carbons (Fsp3) is 0.0909. The van der Waals surface area contributed by atoms with E-state index in [-0.39, 0.29) is 5.91 Å². The number of carbonyl (C=O) groups excluding carboxylic acids is 2. The predicted octanol–water partition coefficient (Wildman–Crippen LogP) is 4.91. The summed E-state index contributed by atoms with van der Waals surface area (Å²) >= 11 is 0. The first kappa shape index (κ1) is 16.8. The molecule has 0 aliphatic carbocycles. The quantitative estimate of drug-likeness (QED) is 0.724. The molecular weight excluding hydrogens is 340 g/mol. The number of hydrogen-bond donors (Lipinski definition) is 1. The highest BCUT2D eigenvalue weighted by Gasteiger charge is 2.21. The Balaban J connectivity index is 1.62. The lowest BCUT2D eigenvalue weighted by molar-refractivity contribution is -0.116. The number of para-hydroxylation sites is 2. The second-order valence-electron chi connectivity index (χ2n) is 6.24. The second-order valence-corrected chi connectivity index (χ2v) is 6.24. The van der Waals surface area contributed by atoms with Crippen molar-refractivity contribution in [3.05, 3.63) is 84.4 Å². The van der Waals surface area contributed by atoms with Gasteiger partial charge in [-0.3, -0.25) is 4.79 Å². The van der Waals surface area contributed by atoms with E-state index in [4.69, 9.17) is 4.74 Å². The summed E-state index contributed by atoms with van der Waals surface area (Å²) in [7, 11) is 0. The molecule has 3 aromatic rings. The number of hydrogen-bond acceptors (Lipinski definition) is 3. The number of nitrogens with one attached hydrogen (secondary N) is 1. The Kier molecular flexibility index (Phi) is 4.58. The number of benzene rings is 3. The van der Waals surface area contributed by atoms with E-state index < -0.39 is 6.09 Å². The van der Waals surface area contributed by atoms with Crippen LogP contribution < -0.4 is 15.0 Å². The minimum absolute atomic E-state index is 0.00609. The van der Waals surface area contributed by atoms with Crippen molar-refractivity contribution in [3.63, 3.8) is 0 Å². The molecule has 0 fully saturated rings. The smallest absolute Gasteiger partial charge is 0.410 e. The summed E-state index contributed by atoms with van der Waals surface area (Å²) in [5, 5.41) is 2.83. The van der Waals surface area contributed by atoms with Gasteiger partial charge in [0.05, 0.1) is 11.4 Å². The average Bonchev–Trinajstić information content (AvgIpc) is 2.70. The van der Waals surface area contributed by atoms with Crippen LogP contribution >= 0.6 is 0 Å². The van der Waals surface area contributed by atoms with Crippen LogP contribution in [0.25, 0.3) is 0 Å². The lowest BCUT2D eigenvalue weighted by Gasteiger charge is -2.23. The third-order valence-corrected chi connectivity index (χ3v) is 4.39. The van der Waals surface area contributed by atoms with Gasteiger partial charge in [0.25, 0.3) is 0 Å². The molecule has 0 saturated carbocycles. The van der Waals surface area contributed by atoms with E-state index in [2.05, 4.69) is 5.32 Å². The van der Waals surface area contributed by atoms with E-state index in [1.165, 1.54) is 4.90 Å². The molecule has 1 heterocycles. The average molecular weight is 358 g/mol. The van der Waals surface area contributed by atoms with Crippen LogP contribution in [0.15, 0.2) is 78.9 Å². The Bertz CT molecular complexity index is 932. The molecule has 1 N–H and O–H groups in total. The van der Waals surface area contributed by atoms with Crippen LogP contribution in [-0.4, -0.2) is 12.0 Å². The largest absolute Gasteiger partial charge is 0.424 e. The van der Waals surface area contributed by atoms with Crippen molar-refractivity contribution < 1.29 is 14.3 Å². The van der Waals surface area contributed by atoms with E-state index in [0.29, 0.717) is 18.6 Å². The van der Waals surface area contributed by atoms with Crippen LogP contribution in [0, 0.1) is 0 Å². The fourth-order valence-electron chi connectivity index (χ4n) is 3.08. The summed E-state index contributed by atoms with van der Waals surface area (Å²) in [5.74, 6) is 0.457. The molecule has 0 saturated heterocycles. The van der Waals surface area contributed by atoms with Gasteiger partial charge >= 0.3 is 6.09 Å². The third-order valence-electron chi connectivity index (χ3n) is 4.39. The zero-order valence-electron chi connectivity index (χ0n) is 14.6. The molecule has 0 spiro atoms. The van der Waals surface area contributed by atoms with Crippen molar-refractivity contribution in [2.75, 3.05) is 10.2 Å². The van der Waals surface area contributed by atoms with Gasteiger partial charge in [-0.1, -0.05) is 36.4 Å². The molecule has 134 valence electrons. The minimum Gasteiger partial charge on any atom is -0.410 e. The molecule has 0 bridgehead atoms. The van der Waals surface area contributed by atoms with Crippen LogP contribution in [-0.2, 0) is 11.2 Å². The van der Waals surface area contributed by atoms with Gasteiger partial charge in [0.1, 0.15) is 5.75 Å². The zero-order valence-corrected chi connectivity index (χ0v) is 14.6. The highest BCUT2D eigenvalue weighted by Crippen LogP contribution is 2.29. The molecule has 0 radical (unpaired) electrons. The van der Waals surface area contributed by atoms with Gasteiger partial charge in [-0.25, -0.2) is 9.69 Å². The van der Waals surface area contributed by atoms with Gasteiger partial charge in [-0.05, 0) is 54.4 Å². The standard InChI is InChI=1S/C22H18N2O3/c25-21-14-11-16-15-19(12-13-20(16)23-21)27-22(26)24(17-7-3-1-4-8-17)18-9-5-2-6-10-18/h1-10,12-13,15H,11,14H2,(H,23,25). The normalized spacial score (nSPS) is 12.7. The van der Waals surface area contributed by atoms with E-state index in [9.17, 15) is 9.59 Å². The van der Waals surface area contributed by atoms with Crippen LogP contribution in [0.1, 0.15) is 12.0 Å². The highest BCUT2D eigenvalue weighted by atomic mass is 16.6. The molecule has 0 aromatic heterocycles. The first-order valence-corrected chi connectivity index (χ1v) is 8.75. The van der Waals surface area contributed by atoms with Gasteiger partial charge in [-0.2, -0.15) is 0 Å². The molecule has 4 rings (SSSR count). The third kappa shape index (κ3) is 3.67. The van der Waals surface area contributed by atoms with Gasteiger partial charge in [0.2, 0.25) is 5.91 Å². The Morgan fingerprint density at radius 2 is 1.48 bits per heavy atom. The zero-order chi connectivity index (χ0) is 18.6. The van der Waals surface area contributed by atoms with Gasteiger partial charge in [-0.15, -0.1) is 0 Å². The molecule has 1 aliphatic heterocycles. The summed E-state index contributed by atoms with van der Waals surface area (Å²) in [5.41, 5.74) is 3.18. The maximum Gasteiger partial charge on any atom is 0.424 e. The number of nitrogens with zero attached hydrogens (tertiary/aromatic N) is 1. The van der Waals surface area contributed by atoms with Gasteiger partial charge in [0, 0.05) is 12.1 Å². The van der Waals surface area contributed by atoms with Crippen molar-refractivity contribution in [1.82, 2.24) is 0 Å². The summed E-state index contributed by atoms with van der Waals surface area (Å²) < 4.78 is 5.65. The monoisotopic (exact) mass is 358 g/mol. The summed E-state index contributed by atoms with van der Waals surface area (Å²) in [6.07, 6.45) is 0.574. The van der Waals surface area contributed by atoms with E-state index >= 15 is 0 Å². The minimum atomic E-state index is -0.493. The number of rotatable bonds is 3. The number of anilines is 3. The molecule has 5 nitrogen and oxygen atoms in total. The number of ether oxygens (including phenoxy) is 1.